The number of nitrogens with one attached hydrogen (secondary N) is 1. The standard InChI is InChI=1S/C14H21NO4S/c16-20(17,12-8-13-5-2-1-3-6-13)15-9-7-14-18-10-4-11-19-14/h1-3,5-6,14-15H,4,7-12H2. The van der Waals surface area contributed by atoms with Gasteiger partial charge in [0, 0.05) is 13.0 Å². The van der Waals surface area contributed by atoms with E-state index in [1.807, 2.05) is 30.3 Å². The minimum absolute atomic E-state index is 0.101. The van der Waals surface area contributed by atoms with Crippen molar-refractivity contribution in [3.63, 3.8) is 0 Å². The molecule has 1 aliphatic heterocycles. The normalized spacial score (nSPS) is 17.2. The quantitative estimate of drug-likeness (QED) is 0.824. The topological polar surface area (TPSA) is 64.6 Å². The lowest BCUT2D eigenvalue weighted by molar-refractivity contribution is -0.180. The molecule has 2 rings (SSSR count). The summed E-state index contributed by atoms with van der Waals surface area (Å²) in [4.78, 5) is 0. The molecule has 0 aliphatic carbocycles. The molecule has 0 amide bonds. The summed E-state index contributed by atoms with van der Waals surface area (Å²) in [5.41, 5.74) is 1.02. The first kappa shape index (κ1) is 15.4. The largest absolute Gasteiger partial charge is 0.353 e. The first-order valence-electron chi connectivity index (χ1n) is 6.90. The maximum absolute atomic E-state index is 11.9. The summed E-state index contributed by atoms with van der Waals surface area (Å²) in [7, 11) is -3.24. The molecule has 1 aliphatic rings. The lowest BCUT2D eigenvalue weighted by atomic mass is 10.2. The molecule has 0 atom stereocenters. The molecule has 1 fully saturated rings. The molecule has 0 spiro atoms. The highest BCUT2D eigenvalue weighted by atomic mass is 32.2. The van der Waals surface area contributed by atoms with Crippen molar-refractivity contribution in [1.82, 2.24) is 4.72 Å². The Kier molecular flexibility index (Phi) is 5.97. The van der Waals surface area contributed by atoms with Gasteiger partial charge in [-0.05, 0) is 18.4 Å². The summed E-state index contributed by atoms with van der Waals surface area (Å²) in [5.74, 6) is 0.101. The van der Waals surface area contributed by atoms with Gasteiger partial charge in [-0.3, -0.25) is 0 Å². The number of ether oxygens (including phenoxy) is 2. The highest BCUT2D eigenvalue weighted by Crippen LogP contribution is 2.08. The van der Waals surface area contributed by atoms with E-state index in [1.165, 1.54) is 0 Å². The lowest BCUT2D eigenvalue weighted by Crippen LogP contribution is -2.33. The molecule has 5 nitrogen and oxygen atoms in total. The molecule has 1 N–H and O–H groups in total. The first-order chi connectivity index (χ1) is 9.66. The molecule has 1 heterocycles. The van der Waals surface area contributed by atoms with E-state index in [4.69, 9.17) is 9.47 Å². The molecular weight excluding hydrogens is 278 g/mol. The van der Waals surface area contributed by atoms with Gasteiger partial charge in [-0.2, -0.15) is 0 Å². The number of hydrogen-bond donors (Lipinski definition) is 1. The fourth-order valence-electron chi connectivity index (χ4n) is 2.00. The van der Waals surface area contributed by atoms with E-state index in [2.05, 4.69) is 4.72 Å². The van der Waals surface area contributed by atoms with E-state index in [9.17, 15) is 8.42 Å². The van der Waals surface area contributed by atoms with Crippen LogP contribution in [0.2, 0.25) is 0 Å². The molecular formula is C14H21NO4S. The zero-order chi connectivity index (χ0) is 14.3. The van der Waals surface area contributed by atoms with Crippen molar-refractivity contribution in [3.8, 4) is 0 Å². The maximum Gasteiger partial charge on any atom is 0.211 e. The minimum Gasteiger partial charge on any atom is -0.353 e. The van der Waals surface area contributed by atoms with Crippen LogP contribution in [0.5, 0.6) is 0 Å². The zero-order valence-electron chi connectivity index (χ0n) is 11.5. The van der Waals surface area contributed by atoms with Crippen LogP contribution in [0.15, 0.2) is 30.3 Å². The predicted molar refractivity (Wildman–Crippen MR) is 76.9 cm³/mol. The molecule has 112 valence electrons. The van der Waals surface area contributed by atoms with Gasteiger partial charge in [-0.15, -0.1) is 0 Å². The van der Waals surface area contributed by atoms with Gasteiger partial charge in [0.1, 0.15) is 0 Å². The van der Waals surface area contributed by atoms with Gasteiger partial charge >= 0.3 is 0 Å². The highest BCUT2D eigenvalue weighted by Gasteiger charge is 2.16. The average Bonchev–Trinajstić information content (AvgIpc) is 2.47. The summed E-state index contributed by atoms with van der Waals surface area (Å²) >= 11 is 0. The molecule has 1 saturated heterocycles. The third-order valence-electron chi connectivity index (χ3n) is 3.10. The van der Waals surface area contributed by atoms with Crippen molar-refractivity contribution in [1.29, 1.82) is 0 Å². The van der Waals surface area contributed by atoms with Crippen LogP contribution in [0.4, 0.5) is 0 Å². The van der Waals surface area contributed by atoms with Crippen molar-refractivity contribution in [2.45, 2.75) is 25.6 Å². The smallest absolute Gasteiger partial charge is 0.211 e. The summed E-state index contributed by atoms with van der Waals surface area (Å²) < 4.78 is 37.0. The van der Waals surface area contributed by atoms with Crippen molar-refractivity contribution in [2.24, 2.45) is 0 Å². The van der Waals surface area contributed by atoms with Crippen LogP contribution in [0, 0.1) is 0 Å². The van der Waals surface area contributed by atoms with Gasteiger partial charge in [0.25, 0.3) is 0 Å². The number of aryl methyl sites for hydroxylation is 1. The van der Waals surface area contributed by atoms with Crippen LogP contribution >= 0.6 is 0 Å². The predicted octanol–water partition coefficient (Wildman–Crippen LogP) is 1.30. The Morgan fingerprint density at radius 2 is 1.85 bits per heavy atom. The molecule has 0 unspecified atom stereocenters. The highest BCUT2D eigenvalue weighted by molar-refractivity contribution is 7.89. The third kappa shape index (κ3) is 5.58. The second-order valence-electron chi connectivity index (χ2n) is 4.76. The SMILES string of the molecule is O=S(=O)(CCc1ccccc1)NCCC1OCCCO1. The Morgan fingerprint density at radius 1 is 1.15 bits per heavy atom. The van der Waals surface area contributed by atoms with Gasteiger partial charge in [-0.1, -0.05) is 30.3 Å². The molecule has 6 heteroatoms. The Balaban J connectivity index is 1.68. The summed E-state index contributed by atoms with van der Waals surface area (Å²) in [6, 6.07) is 9.60. The van der Waals surface area contributed by atoms with E-state index >= 15 is 0 Å². The number of hydrogen-bond acceptors (Lipinski definition) is 4. The van der Waals surface area contributed by atoms with E-state index in [0.29, 0.717) is 32.6 Å². The average molecular weight is 299 g/mol. The molecule has 0 saturated carbocycles. The van der Waals surface area contributed by atoms with Gasteiger partial charge in [-0.25, -0.2) is 13.1 Å². The molecule has 20 heavy (non-hydrogen) atoms. The van der Waals surface area contributed by atoms with Crippen molar-refractivity contribution in [3.05, 3.63) is 35.9 Å². The Morgan fingerprint density at radius 3 is 2.55 bits per heavy atom. The molecule has 1 aromatic rings. The fraction of sp³-hybridized carbons (Fsp3) is 0.571. The lowest BCUT2D eigenvalue weighted by Gasteiger charge is -2.23. The van der Waals surface area contributed by atoms with Gasteiger partial charge in [0.2, 0.25) is 10.0 Å². The van der Waals surface area contributed by atoms with Crippen molar-refractivity contribution >= 4 is 10.0 Å². The minimum atomic E-state index is -3.24. The van der Waals surface area contributed by atoms with E-state index in [0.717, 1.165) is 12.0 Å². The summed E-state index contributed by atoms with van der Waals surface area (Å²) in [6.45, 7) is 1.72. The van der Waals surface area contributed by atoms with Gasteiger partial charge < -0.3 is 9.47 Å². The van der Waals surface area contributed by atoms with Gasteiger partial charge in [0.05, 0.1) is 19.0 Å². The van der Waals surface area contributed by atoms with Crippen LogP contribution in [0.25, 0.3) is 0 Å². The van der Waals surface area contributed by atoms with Crippen LogP contribution < -0.4 is 4.72 Å². The number of benzene rings is 1. The zero-order valence-corrected chi connectivity index (χ0v) is 12.3. The van der Waals surface area contributed by atoms with Crippen LogP contribution in [0.3, 0.4) is 0 Å². The van der Waals surface area contributed by atoms with E-state index in [-0.39, 0.29) is 12.0 Å². The second kappa shape index (κ2) is 7.73. The first-order valence-corrected chi connectivity index (χ1v) is 8.55. The molecule has 0 radical (unpaired) electrons. The van der Waals surface area contributed by atoms with Crippen LogP contribution in [0.1, 0.15) is 18.4 Å². The maximum atomic E-state index is 11.9. The number of rotatable bonds is 7. The van der Waals surface area contributed by atoms with E-state index < -0.39 is 10.0 Å². The number of sulfonamides is 1. The van der Waals surface area contributed by atoms with Gasteiger partial charge in [0.15, 0.2) is 6.29 Å². The molecule has 0 aromatic heterocycles. The Labute approximate surface area is 120 Å². The Hall–Kier alpha value is -0.950. The van der Waals surface area contributed by atoms with Crippen LogP contribution in [-0.4, -0.2) is 40.2 Å². The summed E-state index contributed by atoms with van der Waals surface area (Å²) in [5, 5.41) is 0. The van der Waals surface area contributed by atoms with Crippen molar-refractivity contribution in [2.75, 3.05) is 25.5 Å². The fourth-order valence-corrected chi connectivity index (χ4v) is 3.08. The van der Waals surface area contributed by atoms with Crippen molar-refractivity contribution < 1.29 is 17.9 Å². The molecule has 0 bridgehead atoms. The molecule has 1 aromatic carbocycles. The monoisotopic (exact) mass is 299 g/mol. The summed E-state index contributed by atoms with van der Waals surface area (Å²) in [6.07, 6.45) is 1.69. The second-order valence-corrected chi connectivity index (χ2v) is 6.69. The third-order valence-corrected chi connectivity index (χ3v) is 4.49. The van der Waals surface area contributed by atoms with Crippen LogP contribution in [-0.2, 0) is 25.9 Å². The Bertz CT molecular complexity index is 483. The van der Waals surface area contributed by atoms with E-state index in [1.54, 1.807) is 0 Å².